The highest BCUT2D eigenvalue weighted by Crippen LogP contribution is 2.03. The lowest BCUT2D eigenvalue weighted by Crippen LogP contribution is -2.24. The van der Waals surface area contributed by atoms with Crippen LogP contribution in [0.25, 0.3) is 0 Å². The molecule has 0 fully saturated rings. The predicted molar refractivity (Wildman–Crippen MR) is 58.7 cm³/mol. The highest BCUT2D eigenvalue weighted by Gasteiger charge is 2.06. The van der Waals surface area contributed by atoms with E-state index in [0.717, 1.165) is 17.4 Å². The van der Waals surface area contributed by atoms with Gasteiger partial charge >= 0.3 is 5.97 Å². The molecule has 1 aromatic rings. The van der Waals surface area contributed by atoms with Gasteiger partial charge in [0.25, 0.3) is 5.56 Å². The van der Waals surface area contributed by atoms with Gasteiger partial charge < -0.3 is 14.4 Å². The van der Waals surface area contributed by atoms with Crippen LogP contribution in [0.5, 0.6) is 5.75 Å². The number of aromatic nitrogens is 1. The highest BCUT2D eigenvalue weighted by molar-refractivity contribution is 5.66. The number of carbonyl (C=O) groups is 1. The lowest BCUT2D eigenvalue weighted by Gasteiger charge is -2.07. The van der Waals surface area contributed by atoms with Crippen molar-refractivity contribution >= 4 is 5.97 Å². The molecule has 0 atom stereocenters. The second-order valence-corrected chi connectivity index (χ2v) is 3.40. The molecule has 0 radical (unpaired) electrons. The van der Waals surface area contributed by atoms with Gasteiger partial charge in [-0.3, -0.25) is 9.59 Å². The summed E-state index contributed by atoms with van der Waals surface area (Å²) in [5.41, 5.74) is -0.402. The normalized spacial score (nSPS) is 10.1. The van der Waals surface area contributed by atoms with Crippen LogP contribution < -0.4 is 10.3 Å². The molecule has 0 amide bonds. The number of ether oxygens (including phenoxy) is 1. The van der Waals surface area contributed by atoms with E-state index < -0.39 is 11.5 Å². The van der Waals surface area contributed by atoms with E-state index in [1.165, 1.54) is 6.20 Å². The number of aliphatic carboxylic acids is 1. The Kier molecular flexibility index (Phi) is 4.57. The maximum atomic E-state index is 11.7. The van der Waals surface area contributed by atoms with E-state index in [4.69, 9.17) is 9.84 Å². The highest BCUT2D eigenvalue weighted by atomic mass is 16.5. The minimum absolute atomic E-state index is 0.206. The maximum absolute atomic E-state index is 11.7. The zero-order chi connectivity index (χ0) is 12.0. The van der Waals surface area contributed by atoms with Crippen LogP contribution in [-0.4, -0.2) is 22.2 Å². The Morgan fingerprint density at radius 3 is 2.94 bits per heavy atom. The molecule has 0 aliphatic carbocycles. The minimum atomic E-state index is -1.05. The topological polar surface area (TPSA) is 68.5 Å². The van der Waals surface area contributed by atoms with Crippen molar-refractivity contribution in [2.75, 3.05) is 6.61 Å². The van der Waals surface area contributed by atoms with Crippen LogP contribution in [-0.2, 0) is 11.3 Å². The molecule has 0 bridgehead atoms. The second-order valence-electron chi connectivity index (χ2n) is 3.40. The van der Waals surface area contributed by atoms with Crippen LogP contribution in [0.1, 0.15) is 19.8 Å². The van der Waals surface area contributed by atoms with Crippen LogP contribution in [0.15, 0.2) is 23.1 Å². The fourth-order valence-corrected chi connectivity index (χ4v) is 1.22. The van der Waals surface area contributed by atoms with Gasteiger partial charge in [0.15, 0.2) is 5.75 Å². The Morgan fingerprint density at radius 2 is 2.31 bits per heavy atom. The SMILES string of the molecule is CCCCOc1cccn(CC(=O)O)c1=O. The van der Waals surface area contributed by atoms with Crippen LogP contribution in [0.4, 0.5) is 0 Å². The summed E-state index contributed by atoms with van der Waals surface area (Å²) in [5.74, 6) is -0.843. The van der Waals surface area contributed by atoms with E-state index in [1.54, 1.807) is 12.1 Å². The molecule has 0 aromatic carbocycles. The summed E-state index contributed by atoms with van der Waals surface area (Å²) in [7, 11) is 0. The molecular formula is C11H15NO4. The van der Waals surface area contributed by atoms with E-state index >= 15 is 0 Å². The fourth-order valence-electron chi connectivity index (χ4n) is 1.22. The molecule has 0 unspecified atom stereocenters. The number of rotatable bonds is 6. The Labute approximate surface area is 93.3 Å². The van der Waals surface area contributed by atoms with Gasteiger partial charge in [-0.05, 0) is 18.6 Å². The standard InChI is InChI=1S/C11H15NO4/c1-2-3-7-16-9-5-4-6-12(11(9)15)8-10(13)14/h4-6H,2-3,7-8H2,1H3,(H,13,14). The third kappa shape index (κ3) is 3.42. The molecule has 88 valence electrons. The maximum Gasteiger partial charge on any atom is 0.323 e. The van der Waals surface area contributed by atoms with Gasteiger partial charge in [0, 0.05) is 6.20 Å². The molecule has 0 aliphatic heterocycles. The van der Waals surface area contributed by atoms with Gasteiger partial charge in [0.2, 0.25) is 0 Å². The second kappa shape index (κ2) is 5.95. The molecular weight excluding hydrogens is 210 g/mol. The van der Waals surface area contributed by atoms with Crippen molar-refractivity contribution in [1.29, 1.82) is 0 Å². The summed E-state index contributed by atoms with van der Waals surface area (Å²) in [6, 6.07) is 3.15. The van der Waals surface area contributed by atoms with Crippen molar-refractivity contribution in [2.24, 2.45) is 0 Å². The molecule has 0 aliphatic rings. The number of carboxylic acid groups (broad SMARTS) is 1. The molecule has 0 saturated carbocycles. The lowest BCUT2D eigenvalue weighted by molar-refractivity contribution is -0.137. The molecule has 1 rings (SSSR count). The van der Waals surface area contributed by atoms with Gasteiger partial charge in [-0.15, -0.1) is 0 Å². The van der Waals surface area contributed by atoms with Gasteiger partial charge in [-0.2, -0.15) is 0 Å². The van der Waals surface area contributed by atoms with Crippen molar-refractivity contribution in [2.45, 2.75) is 26.3 Å². The minimum Gasteiger partial charge on any atom is -0.488 e. The van der Waals surface area contributed by atoms with Crippen molar-refractivity contribution in [3.05, 3.63) is 28.7 Å². The van der Waals surface area contributed by atoms with E-state index in [-0.39, 0.29) is 12.3 Å². The molecule has 0 saturated heterocycles. The molecule has 16 heavy (non-hydrogen) atoms. The largest absolute Gasteiger partial charge is 0.488 e. The first-order valence-electron chi connectivity index (χ1n) is 5.19. The van der Waals surface area contributed by atoms with Crippen molar-refractivity contribution < 1.29 is 14.6 Å². The summed E-state index contributed by atoms with van der Waals surface area (Å²) in [6.45, 7) is 2.16. The van der Waals surface area contributed by atoms with E-state index in [2.05, 4.69) is 0 Å². The lowest BCUT2D eigenvalue weighted by atomic mass is 10.3. The number of hydrogen-bond acceptors (Lipinski definition) is 3. The fraction of sp³-hybridized carbons (Fsp3) is 0.455. The van der Waals surface area contributed by atoms with Crippen molar-refractivity contribution in [3.63, 3.8) is 0 Å². The average Bonchev–Trinajstić information content (AvgIpc) is 2.23. The van der Waals surface area contributed by atoms with Gasteiger partial charge in [-0.25, -0.2) is 0 Å². The van der Waals surface area contributed by atoms with E-state index in [9.17, 15) is 9.59 Å². The Morgan fingerprint density at radius 1 is 1.56 bits per heavy atom. The smallest absolute Gasteiger partial charge is 0.323 e. The Bertz CT molecular complexity index is 411. The molecule has 1 aromatic heterocycles. The zero-order valence-electron chi connectivity index (χ0n) is 9.18. The first kappa shape index (κ1) is 12.3. The molecule has 1 heterocycles. The van der Waals surface area contributed by atoms with Crippen molar-refractivity contribution in [3.8, 4) is 5.75 Å². The molecule has 1 N–H and O–H groups in total. The first-order valence-corrected chi connectivity index (χ1v) is 5.19. The number of hydrogen-bond donors (Lipinski definition) is 1. The van der Waals surface area contributed by atoms with Crippen LogP contribution in [0.3, 0.4) is 0 Å². The van der Waals surface area contributed by atoms with E-state index in [0.29, 0.717) is 6.61 Å². The summed E-state index contributed by atoms with van der Waals surface area (Å²) < 4.78 is 6.39. The summed E-state index contributed by atoms with van der Waals surface area (Å²) in [4.78, 5) is 22.2. The zero-order valence-corrected chi connectivity index (χ0v) is 9.18. The summed E-state index contributed by atoms with van der Waals surface area (Å²) in [5, 5.41) is 8.60. The quantitative estimate of drug-likeness (QED) is 0.736. The Balaban J connectivity index is 2.78. The van der Waals surface area contributed by atoms with Crippen LogP contribution in [0, 0.1) is 0 Å². The number of carboxylic acids is 1. The Hall–Kier alpha value is -1.78. The van der Waals surface area contributed by atoms with Crippen LogP contribution >= 0.6 is 0 Å². The number of nitrogens with zero attached hydrogens (tertiary/aromatic N) is 1. The average molecular weight is 225 g/mol. The third-order valence-electron chi connectivity index (χ3n) is 2.05. The summed E-state index contributed by atoms with van der Waals surface area (Å²) in [6.07, 6.45) is 3.28. The van der Waals surface area contributed by atoms with E-state index in [1.807, 2.05) is 6.92 Å². The van der Waals surface area contributed by atoms with Crippen molar-refractivity contribution in [1.82, 2.24) is 4.57 Å². The molecule has 5 nitrogen and oxygen atoms in total. The first-order chi connectivity index (χ1) is 7.65. The monoisotopic (exact) mass is 225 g/mol. The summed E-state index contributed by atoms with van der Waals surface area (Å²) >= 11 is 0. The molecule has 5 heteroatoms. The van der Waals surface area contributed by atoms with Gasteiger partial charge in [0.1, 0.15) is 6.54 Å². The van der Waals surface area contributed by atoms with Gasteiger partial charge in [0.05, 0.1) is 6.61 Å². The number of pyridine rings is 1. The molecule has 0 spiro atoms. The van der Waals surface area contributed by atoms with Crippen LogP contribution in [0.2, 0.25) is 0 Å². The van der Waals surface area contributed by atoms with Gasteiger partial charge in [-0.1, -0.05) is 13.3 Å². The predicted octanol–water partition coefficient (Wildman–Crippen LogP) is 1.11. The third-order valence-corrected chi connectivity index (χ3v) is 2.05. The number of unbranched alkanes of at least 4 members (excludes halogenated alkanes) is 1.